The van der Waals surface area contributed by atoms with Crippen LogP contribution >= 0.6 is 22.6 Å². The third-order valence-electron chi connectivity index (χ3n) is 3.83. The molecule has 0 bridgehead atoms. The van der Waals surface area contributed by atoms with Crippen LogP contribution in [0.1, 0.15) is 23.0 Å². The molecule has 24 heavy (non-hydrogen) atoms. The van der Waals surface area contributed by atoms with Crippen molar-refractivity contribution in [2.45, 2.75) is 13.5 Å². The van der Waals surface area contributed by atoms with Crippen LogP contribution in [0.5, 0.6) is 5.75 Å². The average molecular weight is 435 g/mol. The maximum Gasteiger partial charge on any atom is 0.356 e. The summed E-state index contributed by atoms with van der Waals surface area (Å²) in [6.45, 7) is 2.69. The Hall–Kier alpha value is -2.02. The van der Waals surface area contributed by atoms with Gasteiger partial charge in [-0.2, -0.15) is 0 Å². The lowest BCUT2D eigenvalue weighted by molar-refractivity contribution is 0.0514. The van der Waals surface area contributed by atoms with Gasteiger partial charge < -0.3 is 14.0 Å². The van der Waals surface area contributed by atoms with E-state index in [2.05, 4.69) is 22.6 Å². The maximum atomic E-state index is 12.2. The van der Waals surface area contributed by atoms with Gasteiger partial charge >= 0.3 is 5.97 Å². The number of hydrogen-bond donors (Lipinski definition) is 0. The molecule has 0 N–H and O–H groups in total. The summed E-state index contributed by atoms with van der Waals surface area (Å²) in [5.74, 6) is 0.484. The summed E-state index contributed by atoms with van der Waals surface area (Å²) in [6, 6.07) is 15.9. The second kappa shape index (κ2) is 7.25. The van der Waals surface area contributed by atoms with E-state index in [0.717, 1.165) is 25.8 Å². The van der Waals surface area contributed by atoms with Crippen LogP contribution in [-0.2, 0) is 18.4 Å². The zero-order valence-corrected chi connectivity index (χ0v) is 15.7. The molecule has 0 unspecified atom stereocenters. The zero-order chi connectivity index (χ0) is 17.1. The number of halogens is 1. The number of benzene rings is 2. The minimum atomic E-state index is -0.299. The molecule has 0 saturated heterocycles. The normalized spacial score (nSPS) is 10.8. The molecule has 0 fully saturated rings. The van der Waals surface area contributed by atoms with Gasteiger partial charge in [0.1, 0.15) is 18.1 Å². The van der Waals surface area contributed by atoms with Crippen LogP contribution in [-0.4, -0.2) is 17.1 Å². The van der Waals surface area contributed by atoms with Gasteiger partial charge in [0, 0.05) is 18.0 Å². The van der Waals surface area contributed by atoms with Crippen LogP contribution < -0.4 is 4.74 Å². The highest BCUT2D eigenvalue weighted by molar-refractivity contribution is 14.1. The van der Waals surface area contributed by atoms with Crippen LogP contribution in [0.4, 0.5) is 0 Å². The molecular formula is C19H18INO3. The van der Waals surface area contributed by atoms with Gasteiger partial charge in [-0.25, -0.2) is 4.79 Å². The molecule has 1 aromatic heterocycles. The van der Waals surface area contributed by atoms with Gasteiger partial charge in [0.25, 0.3) is 0 Å². The Balaban J connectivity index is 1.90. The minimum absolute atomic E-state index is 0.299. The van der Waals surface area contributed by atoms with E-state index in [4.69, 9.17) is 9.47 Å². The van der Waals surface area contributed by atoms with Gasteiger partial charge in [-0.05, 0) is 53.3 Å². The molecular weight excluding hydrogens is 417 g/mol. The maximum absolute atomic E-state index is 12.2. The first kappa shape index (κ1) is 16.8. The summed E-state index contributed by atoms with van der Waals surface area (Å²) in [6.07, 6.45) is 0. The van der Waals surface area contributed by atoms with Crippen molar-refractivity contribution in [3.8, 4) is 5.75 Å². The third kappa shape index (κ3) is 3.26. The largest absolute Gasteiger partial charge is 0.489 e. The monoisotopic (exact) mass is 435 g/mol. The lowest BCUT2D eigenvalue weighted by Crippen LogP contribution is -2.11. The van der Waals surface area contributed by atoms with Gasteiger partial charge in [-0.1, -0.05) is 30.3 Å². The van der Waals surface area contributed by atoms with E-state index in [0.29, 0.717) is 18.9 Å². The number of nitrogens with zero attached hydrogens (tertiary/aromatic N) is 1. The lowest BCUT2D eigenvalue weighted by atomic mass is 10.2. The molecule has 0 radical (unpaired) electrons. The van der Waals surface area contributed by atoms with E-state index in [1.807, 2.05) is 67.1 Å². The molecule has 3 aromatic rings. The number of hydrogen-bond acceptors (Lipinski definition) is 3. The Morgan fingerprint density at radius 1 is 1.17 bits per heavy atom. The number of ether oxygens (including phenoxy) is 2. The summed E-state index contributed by atoms with van der Waals surface area (Å²) < 4.78 is 13.8. The smallest absolute Gasteiger partial charge is 0.356 e. The van der Waals surface area contributed by atoms with Crippen LogP contribution in [0.15, 0.2) is 48.5 Å². The van der Waals surface area contributed by atoms with Crippen LogP contribution in [0.25, 0.3) is 10.9 Å². The molecule has 0 atom stereocenters. The van der Waals surface area contributed by atoms with E-state index in [1.54, 1.807) is 0 Å². The van der Waals surface area contributed by atoms with Crippen molar-refractivity contribution < 1.29 is 14.3 Å². The number of fused-ring (bicyclic) bond motifs is 1. The molecule has 0 aliphatic rings. The van der Waals surface area contributed by atoms with Gasteiger partial charge in [-0.15, -0.1) is 0 Å². The van der Waals surface area contributed by atoms with Gasteiger partial charge in [0.2, 0.25) is 0 Å². The fraction of sp³-hybridized carbons (Fsp3) is 0.211. The second-order valence-electron chi connectivity index (χ2n) is 5.40. The standard InChI is InChI=1S/C19H18INO3/c1-3-23-19(22)18-17(20)15-11-14(9-10-16(15)21(18)2)24-12-13-7-5-4-6-8-13/h4-11H,3,12H2,1-2H3. The molecule has 0 saturated carbocycles. The number of aromatic nitrogens is 1. The molecule has 0 spiro atoms. The van der Waals surface area contributed by atoms with E-state index < -0.39 is 0 Å². The SMILES string of the molecule is CCOC(=O)c1c(I)c2cc(OCc3ccccc3)ccc2n1C. The molecule has 0 amide bonds. The molecule has 5 heteroatoms. The topological polar surface area (TPSA) is 40.5 Å². The van der Waals surface area contributed by atoms with Crippen molar-refractivity contribution in [2.75, 3.05) is 6.61 Å². The Morgan fingerprint density at radius 2 is 1.92 bits per heavy atom. The van der Waals surface area contributed by atoms with E-state index >= 15 is 0 Å². The second-order valence-corrected chi connectivity index (χ2v) is 6.47. The predicted molar refractivity (Wildman–Crippen MR) is 102 cm³/mol. The molecule has 1 heterocycles. The van der Waals surface area contributed by atoms with Gasteiger partial charge in [0.05, 0.1) is 10.2 Å². The molecule has 3 rings (SSSR count). The number of aryl methyl sites for hydroxylation is 1. The fourth-order valence-electron chi connectivity index (χ4n) is 2.64. The van der Waals surface area contributed by atoms with Crippen LogP contribution in [0, 0.1) is 3.57 Å². The Morgan fingerprint density at radius 3 is 2.62 bits per heavy atom. The minimum Gasteiger partial charge on any atom is -0.489 e. The summed E-state index contributed by atoms with van der Waals surface area (Å²) in [7, 11) is 1.88. The molecule has 2 aromatic carbocycles. The predicted octanol–water partition coefficient (Wildman–Crippen LogP) is 4.54. The highest BCUT2D eigenvalue weighted by atomic mass is 127. The average Bonchev–Trinajstić information content (AvgIpc) is 2.85. The van der Waals surface area contributed by atoms with E-state index in [1.165, 1.54) is 0 Å². The number of carbonyl (C=O) groups is 1. The summed E-state index contributed by atoms with van der Waals surface area (Å²) >= 11 is 2.19. The number of esters is 1. The first-order valence-corrected chi connectivity index (χ1v) is 8.81. The van der Waals surface area contributed by atoms with Crippen LogP contribution in [0.3, 0.4) is 0 Å². The molecule has 4 nitrogen and oxygen atoms in total. The first-order valence-electron chi connectivity index (χ1n) is 7.73. The lowest BCUT2D eigenvalue weighted by Gasteiger charge is -2.07. The molecule has 0 aliphatic heterocycles. The zero-order valence-electron chi connectivity index (χ0n) is 13.6. The highest BCUT2D eigenvalue weighted by Gasteiger charge is 2.20. The van der Waals surface area contributed by atoms with Gasteiger partial charge in [0.15, 0.2) is 0 Å². The van der Waals surface area contributed by atoms with E-state index in [9.17, 15) is 4.79 Å². The summed E-state index contributed by atoms with van der Waals surface area (Å²) in [5.41, 5.74) is 2.68. The van der Waals surface area contributed by atoms with Crippen molar-refractivity contribution in [3.05, 3.63) is 63.4 Å². The van der Waals surface area contributed by atoms with E-state index in [-0.39, 0.29) is 5.97 Å². The highest BCUT2D eigenvalue weighted by Crippen LogP contribution is 2.30. The Kier molecular flexibility index (Phi) is 5.08. The Bertz CT molecular complexity index is 871. The van der Waals surface area contributed by atoms with Crippen LogP contribution in [0.2, 0.25) is 0 Å². The van der Waals surface area contributed by atoms with Crippen molar-refractivity contribution >= 4 is 39.5 Å². The van der Waals surface area contributed by atoms with Crippen molar-refractivity contribution in [3.63, 3.8) is 0 Å². The summed E-state index contributed by atoms with van der Waals surface area (Å²) in [5, 5.41) is 0.992. The number of carbonyl (C=O) groups excluding carboxylic acids is 1. The Labute approximate surface area is 154 Å². The van der Waals surface area contributed by atoms with Crippen molar-refractivity contribution in [1.82, 2.24) is 4.57 Å². The van der Waals surface area contributed by atoms with Crippen molar-refractivity contribution in [2.24, 2.45) is 7.05 Å². The number of rotatable bonds is 5. The summed E-state index contributed by atoms with van der Waals surface area (Å²) in [4.78, 5) is 12.2. The quantitative estimate of drug-likeness (QED) is 0.437. The fourth-order valence-corrected chi connectivity index (χ4v) is 3.65. The first-order chi connectivity index (χ1) is 11.6. The molecule has 0 aliphatic carbocycles. The van der Waals surface area contributed by atoms with Crippen molar-refractivity contribution in [1.29, 1.82) is 0 Å². The van der Waals surface area contributed by atoms with Gasteiger partial charge in [-0.3, -0.25) is 0 Å². The third-order valence-corrected chi connectivity index (χ3v) is 4.92. The molecule has 124 valence electrons.